The first-order chi connectivity index (χ1) is 51.7. The van der Waals surface area contributed by atoms with Gasteiger partial charge in [0.15, 0.2) is 44.0 Å². The standard InChI is InChI=1S/C63H107N3O38S4/c1-24(72)3-7-89-9-10-90-8-4-26(73)13-25(55(87)65-5-11-105)20-107-22-35-53-42(80)48(86)63(98-35)102-52-34(19-71)94-60(45(83)38(52)76)101-51-33(18-70)96-62(47(85)40(51)78)104-54-36(23-108-21-27(64-2)56(88)66-6-12-106)97-58(43(81)41(54)79)91-29-14-28(74)57(92-30(29)15-67)99-49-31(16-68)93-59(44(82)37(49)75)100-50-32(17-69)95-61(103-53)46(84)39(50)77/h25,27-54,57-64,67-71,74-86,105-106H,3-23H2,1-2H3,(H,65,87)(H,66,88)/t25-,27-,28?,29+,30?,31?,32?,33?,34?,35?,36?,37-,38-,39-,40-,41-,42-,43?,44?,45?,46?,47?,48?,49-,50-,51-,52-,53-,54-,57-,58-,59-,60+,61-,62+,63-/m1/s1. The Labute approximate surface area is 639 Å². The molecule has 21 rings (SSSR count). The van der Waals surface area contributed by atoms with Gasteiger partial charge in [0.25, 0.3) is 0 Å². The number of nitrogens with one attached hydrogen (secondary N) is 3. The molecule has 21 N–H and O–H groups in total. The molecule has 108 heavy (non-hydrogen) atoms. The maximum Gasteiger partial charge on any atom is 0.238 e. The summed E-state index contributed by atoms with van der Waals surface area (Å²) < 4.78 is 95.1. The summed E-state index contributed by atoms with van der Waals surface area (Å²) in [4.78, 5) is 51.3. The van der Waals surface area contributed by atoms with Crippen LogP contribution in [0.15, 0.2) is 0 Å². The molecule has 0 saturated carbocycles. The highest BCUT2D eigenvalue weighted by Gasteiger charge is 2.59. The second kappa shape index (κ2) is 44.6. The molecule has 0 aromatic heterocycles. The van der Waals surface area contributed by atoms with Gasteiger partial charge in [0.1, 0.15) is 158 Å². The maximum atomic E-state index is 13.6. The van der Waals surface area contributed by atoms with Crippen LogP contribution in [0.1, 0.15) is 32.6 Å². The molecule has 21 aliphatic heterocycles. The Hall–Kier alpha value is -1.72. The van der Waals surface area contributed by atoms with E-state index in [0.29, 0.717) is 5.75 Å². The summed E-state index contributed by atoms with van der Waals surface area (Å²) >= 11 is 10.3. The van der Waals surface area contributed by atoms with Gasteiger partial charge in [0.05, 0.1) is 89.7 Å². The smallest absolute Gasteiger partial charge is 0.238 e. The molecule has 41 nitrogen and oxygen atoms in total. The fourth-order valence-corrected chi connectivity index (χ4v) is 15.8. The van der Waals surface area contributed by atoms with Gasteiger partial charge in [0, 0.05) is 73.3 Å². The highest BCUT2D eigenvalue weighted by Crippen LogP contribution is 2.40. The fraction of sp³-hybridized carbons (Fsp3) is 0.937. The third kappa shape index (κ3) is 23.6. The van der Waals surface area contributed by atoms with Gasteiger partial charge < -0.3 is 184 Å². The molecule has 45 heteroatoms. The Morgan fingerprint density at radius 2 is 0.731 bits per heavy atom. The molecule has 14 bridgehead atoms. The second-order valence-corrected chi connectivity index (χ2v) is 30.0. The van der Waals surface area contributed by atoms with Crippen LogP contribution in [0.25, 0.3) is 0 Å². The predicted octanol–water partition coefficient (Wildman–Crippen LogP) is -12.1. The summed E-state index contributed by atoms with van der Waals surface area (Å²) in [5.74, 6) is -2.67. The molecule has 0 aliphatic carbocycles. The van der Waals surface area contributed by atoms with Gasteiger partial charge >= 0.3 is 0 Å². The number of carbonyl (C=O) groups excluding carboxylic acids is 4. The molecule has 14 unspecified atom stereocenters. The largest absolute Gasteiger partial charge is 0.394 e. The SMILES string of the molecule is CN[C@H](CSCC1O[C@H]2O[C@H]3CC(O)[C@H](OC3CO)O[C@@H]3C(CO)O[C@H](O[C@@H]4C(CO)O[C@H](O[C@@H]5C(CSC[C@@H](CC(=O)CCOCCOCCC(C)=O)C(=O)NCCS)O[C@H](O[C@@H]6C(CO)O[C@@H](O[C@@H]7C(CO)O[C@@H](O[C@H]1[C@H](O)C2O)C(O)[C@H]7O)C(O)[C@H]6O)C(O)[C@H]5O)C(O)[C@H]4O)C(O)[C@H]3O)C(=O)NCCS. The first kappa shape index (κ1) is 91.8. The summed E-state index contributed by atoms with van der Waals surface area (Å²) in [6, 6.07) is -0.823. The lowest BCUT2D eigenvalue weighted by atomic mass is 9.95. The van der Waals surface area contributed by atoms with Gasteiger partial charge in [-0.15, -0.1) is 0 Å². The summed E-state index contributed by atoms with van der Waals surface area (Å²) in [6.45, 7) is -3.02. The van der Waals surface area contributed by atoms with Crippen molar-refractivity contribution in [3.8, 4) is 0 Å². The van der Waals surface area contributed by atoms with Crippen LogP contribution in [0.4, 0.5) is 0 Å². The van der Waals surface area contributed by atoms with E-state index >= 15 is 0 Å². The lowest BCUT2D eigenvalue weighted by Crippen LogP contribution is -2.68. The molecular weight excluding hydrogens is 1530 g/mol. The van der Waals surface area contributed by atoms with E-state index in [2.05, 4.69) is 41.2 Å². The molecule has 626 valence electrons. The quantitative estimate of drug-likeness (QED) is 0.0226. The van der Waals surface area contributed by atoms with Crippen LogP contribution in [0.3, 0.4) is 0 Å². The van der Waals surface area contributed by atoms with Gasteiger partial charge in [0.2, 0.25) is 11.8 Å². The van der Waals surface area contributed by atoms with Gasteiger partial charge in [-0.05, 0) is 14.0 Å². The second-order valence-electron chi connectivity index (χ2n) is 27.0. The molecule has 21 saturated heterocycles. The number of rotatable bonds is 31. The Morgan fingerprint density at radius 1 is 0.407 bits per heavy atom. The minimum atomic E-state index is -2.27. The van der Waals surface area contributed by atoms with Crippen LogP contribution in [-0.2, 0) is 95.0 Å². The molecule has 21 aliphatic rings. The highest BCUT2D eigenvalue weighted by molar-refractivity contribution is 7.99. The first-order valence-electron chi connectivity index (χ1n) is 35.5. The number of ether oxygens (including phenoxy) is 16. The van der Waals surface area contributed by atoms with Crippen molar-refractivity contribution in [1.29, 1.82) is 0 Å². The van der Waals surface area contributed by atoms with Crippen molar-refractivity contribution < 1.29 is 187 Å². The van der Waals surface area contributed by atoms with Gasteiger partial charge in [-0.1, -0.05) is 0 Å². The van der Waals surface area contributed by atoms with E-state index in [4.69, 9.17) is 75.8 Å². The van der Waals surface area contributed by atoms with E-state index in [9.17, 15) is 111 Å². The maximum absolute atomic E-state index is 13.6. The summed E-state index contributed by atoms with van der Waals surface area (Å²) in [5, 5.41) is 215. The van der Waals surface area contributed by atoms with Crippen LogP contribution < -0.4 is 16.0 Å². The minimum Gasteiger partial charge on any atom is -0.394 e. The normalized spacial score (nSPS) is 42.6. The Morgan fingerprint density at radius 3 is 1.09 bits per heavy atom. The van der Waals surface area contributed by atoms with Crippen molar-refractivity contribution in [1.82, 2.24) is 16.0 Å². The van der Waals surface area contributed by atoms with Gasteiger partial charge in [-0.25, -0.2) is 0 Å². The lowest BCUT2D eigenvalue weighted by Gasteiger charge is -2.50. The number of hydrogen-bond donors (Lipinski definition) is 23. The Balaban J connectivity index is 1.08. The number of thiol groups is 2. The zero-order valence-corrected chi connectivity index (χ0v) is 62.5. The van der Waals surface area contributed by atoms with Crippen LogP contribution in [0.2, 0.25) is 0 Å². The van der Waals surface area contributed by atoms with Gasteiger partial charge in [-0.3, -0.25) is 19.2 Å². The first-order valence-corrected chi connectivity index (χ1v) is 39.1. The molecule has 21 heterocycles. The number of thioether (sulfide) groups is 2. The molecule has 0 aromatic carbocycles. The molecule has 21 fully saturated rings. The molecule has 0 spiro atoms. The van der Waals surface area contributed by atoms with E-state index in [1.807, 2.05) is 0 Å². The Kier molecular flexibility index (Phi) is 37.9. The molecule has 36 atom stereocenters. The van der Waals surface area contributed by atoms with Crippen molar-refractivity contribution in [2.45, 2.75) is 247 Å². The molecule has 0 aromatic rings. The minimum absolute atomic E-state index is 0.0327. The topological polar surface area (TPSA) is 616 Å². The van der Waals surface area contributed by atoms with Crippen LogP contribution in [0.5, 0.6) is 0 Å². The number of aliphatic hydroxyl groups is 18. The average Bonchev–Trinajstić information content (AvgIpc) is 0.780. The highest BCUT2D eigenvalue weighted by atomic mass is 32.2. The van der Waals surface area contributed by atoms with E-state index < -0.39 is 272 Å². The molecule has 2 amide bonds. The number of aliphatic hydroxyl groups excluding tert-OH is 18. The fourth-order valence-electron chi connectivity index (χ4n) is 13.2. The molecule has 0 radical (unpaired) electrons. The number of Topliss-reactive ketones (excluding diaryl/α,β-unsaturated/α-hetero) is 2. The van der Waals surface area contributed by atoms with E-state index in [1.165, 1.54) is 14.0 Å². The van der Waals surface area contributed by atoms with Gasteiger partial charge in [-0.2, -0.15) is 48.8 Å². The van der Waals surface area contributed by atoms with Crippen LogP contribution >= 0.6 is 48.8 Å². The zero-order valence-electron chi connectivity index (χ0n) is 59.1. The predicted molar refractivity (Wildman–Crippen MR) is 369 cm³/mol. The summed E-state index contributed by atoms with van der Waals surface area (Å²) in [6.07, 6.45) is -67.3. The lowest BCUT2D eigenvalue weighted by molar-refractivity contribution is -0.394. The van der Waals surface area contributed by atoms with Crippen molar-refractivity contribution in [2.75, 3.05) is 114 Å². The van der Waals surface area contributed by atoms with Crippen molar-refractivity contribution >= 4 is 72.2 Å². The zero-order chi connectivity index (χ0) is 78.8. The van der Waals surface area contributed by atoms with Crippen LogP contribution in [-0.4, -0.2) is 444 Å². The van der Waals surface area contributed by atoms with Crippen molar-refractivity contribution in [3.05, 3.63) is 0 Å². The third-order valence-corrected chi connectivity index (χ3v) is 22.1. The van der Waals surface area contributed by atoms with Crippen molar-refractivity contribution in [2.24, 2.45) is 5.92 Å². The number of carbonyl (C=O) groups is 4. The van der Waals surface area contributed by atoms with Crippen molar-refractivity contribution in [3.63, 3.8) is 0 Å². The summed E-state index contributed by atoms with van der Waals surface area (Å²) in [7, 11) is 1.52. The summed E-state index contributed by atoms with van der Waals surface area (Å²) in [5.41, 5.74) is 0. The third-order valence-electron chi connectivity index (χ3n) is 19.3. The average molecular weight is 1640 g/mol. The number of ketones is 2. The monoisotopic (exact) mass is 1640 g/mol. The van der Waals surface area contributed by atoms with E-state index in [-0.39, 0.29) is 99.1 Å². The molecular formula is C63H107N3O38S4. The van der Waals surface area contributed by atoms with E-state index in [1.54, 1.807) is 0 Å². The van der Waals surface area contributed by atoms with E-state index in [0.717, 1.165) is 23.5 Å². The number of hydrogen-bond acceptors (Lipinski definition) is 43. The number of amides is 2. The van der Waals surface area contributed by atoms with Crippen LogP contribution in [0, 0.1) is 5.92 Å². The number of likely N-dealkylation sites (N-methyl/N-ethyl adjacent to an activating group) is 1. The Bertz CT molecular complexity index is 2710.